The molecule has 2 aromatic rings. The van der Waals surface area contributed by atoms with E-state index in [1.54, 1.807) is 13.8 Å². The maximum Gasteiger partial charge on any atom is 0.159 e. The number of rotatable bonds is 28. The molecular formula is C46H72CuO6. The summed E-state index contributed by atoms with van der Waals surface area (Å²) in [5.74, 6) is 1.94. The number of carbonyl (C=O) groups excluding carboxylic acids is 2. The number of Topliss-reactive ketones (excluding diaryl/α,β-unsaturated/α-hetero) is 2. The fourth-order valence-electron chi connectivity index (χ4n) is 6.12. The number of ether oxygens (including phenoxy) is 2. The maximum atomic E-state index is 11.5. The summed E-state index contributed by atoms with van der Waals surface area (Å²) in [4.78, 5) is 23.0. The van der Waals surface area contributed by atoms with Crippen LogP contribution < -0.4 is 9.47 Å². The molecule has 0 spiro atoms. The van der Waals surface area contributed by atoms with Crippen LogP contribution in [-0.2, 0) is 39.5 Å². The predicted octanol–water partition coefficient (Wildman–Crippen LogP) is 13.1. The average Bonchev–Trinajstić information content (AvgIpc) is 3.11. The van der Waals surface area contributed by atoms with Gasteiger partial charge in [0.1, 0.15) is 11.5 Å². The van der Waals surface area contributed by atoms with Gasteiger partial charge in [-0.15, -0.1) is 0 Å². The molecular weight excluding hydrogens is 712 g/mol. The normalized spacial score (nSPS) is 11.7. The van der Waals surface area contributed by atoms with E-state index in [-0.39, 0.29) is 40.2 Å². The minimum absolute atomic E-state index is 0. The average molecular weight is 785 g/mol. The largest absolute Gasteiger partial charge is 0.512 e. The van der Waals surface area contributed by atoms with E-state index in [4.69, 9.17) is 9.47 Å². The molecule has 53 heavy (non-hydrogen) atoms. The summed E-state index contributed by atoms with van der Waals surface area (Å²) >= 11 is 0. The van der Waals surface area contributed by atoms with Crippen LogP contribution in [0.4, 0.5) is 0 Å². The van der Waals surface area contributed by atoms with Gasteiger partial charge in [0.2, 0.25) is 0 Å². The summed E-state index contributed by atoms with van der Waals surface area (Å²) in [7, 11) is 0. The summed E-state index contributed by atoms with van der Waals surface area (Å²) in [5.41, 5.74) is 3.31. The molecule has 2 rings (SSSR count). The van der Waals surface area contributed by atoms with E-state index in [0.29, 0.717) is 24.0 Å². The fourth-order valence-corrected chi connectivity index (χ4v) is 6.12. The molecule has 0 fully saturated rings. The number of aliphatic hydroxyl groups is 2. The summed E-state index contributed by atoms with van der Waals surface area (Å²) in [6, 6.07) is 16.1. The van der Waals surface area contributed by atoms with Gasteiger partial charge in [0.25, 0.3) is 0 Å². The number of allylic oxidation sites excluding steroid dienone is 4. The Labute approximate surface area is 333 Å². The molecule has 7 heteroatoms. The maximum absolute atomic E-state index is 11.5. The molecule has 0 aromatic heterocycles. The van der Waals surface area contributed by atoms with Crippen LogP contribution in [-0.4, -0.2) is 35.0 Å². The Kier molecular flexibility index (Phi) is 30.6. The van der Waals surface area contributed by atoms with Crippen molar-refractivity contribution in [3.63, 3.8) is 0 Å². The number of aliphatic hydroxyl groups excluding tert-OH is 2. The number of hydrogen-bond acceptors (Lipinski definition) is 6. The Hall–Kier alpha value is -3.02. The van der Waals surface area contributed by atoms with Crippen molar-refractivity contribution in [1.29, 1.82) is 0 Å². The van der Waals surface area contributed by atoms with E-state index < -0.39 is 0 Å². The van der Waals surface area contributed by atoms with E-state index in [1.807, 2.05) is 48.5 Å². The van der Waals surface area contributed by atoms with Crippen molar-refractivity contribution in [1.82, 2.24) is 0 Å². The molecule has 0 aliphatic carbocycles. The molecule has 0 saturated heterocycles. The van der Waals surface area contributed by atoms with E-state index >= 15 is 0 Å². The van der Waals surface area contributed by atoms with Gasteiger partial charge in [0, 0.05) is 28.2 Å². The number of benzene rings is 2. The first-order valence-electron chi connectivity index (χ1n) is 20.3. The van der Waals surface area contributed by atoms with Gasteiger partial charge in [0.15, 0.2) is 11.6 Å². The van der Waals surface area contributed by atoms with Gasteiger partial charge < -0.3 is 19.7 Å². The Morgan fingerprint density at radius 1 is 0.472 bits per heavy atom. The standard InChI is InChI=1S/2C23H36O3.Cu/c2*1-4-5-6-7-8-9-10-11-18-26-22-15-12-21(13-16-22)14-17-23(19(2)24)20(3)25;/h2*12-13,15-16,24H,4-11,14,17-18H2,1-3H3;/b2*23-19-;. The number of hydrogen-bond donors (Lipinski definition) is 2. The first-order chi connectivity index (χ1) is 25.1. The minimum Gasteiger partial charge on any atom is -0.512 e. The molecule has 1 radical (unpaired) electrons. The molecule has 0 amide bonds. The monoisotopic (exact) mass is 783 g/mol. The van der Waals surface area contributed by atoms with Gasteiger partial charge in [-0.2, -0.15) is 0 Å². The Bertz CT molecular complexity index is 1190. The molecule has 0 aliphatic rings. The van der Waals surface area contributed by atoms with Crippen molar-refractivity contribution < 1.29 is 46.3 Å². The minimum atomic E-state index is -0.0599. The second-order valence-electron chi connectivity index (χ2n) is 14.2. The van der Waals surface area contributed by atoms with E-state index in [0.717, 1.165) is 61.5 Å². The van der Waals surface area contributed by atoms with Crippen molar-refractivity contribution in [3.05, 3.63) is 82.3 Å². The van der Waals surface area contributed by atoms with Crippen LogP contribution in [0.2, 0.25) is 0 Å². The third-order valence-electron chi connectivity index (χ3n) is 9.43. The van der Waals surface area contributed by atoms with Crippen LogP contribution in [0.25, 0.3) is 0 Å². The summed E-state index contributed by atoms with van der Waals surface area (Å²) in [6.07, 6.45) is 23.5. The molecule has 2 aromatic carbocycles. The quantitative estimate of drug-likeness (QED) is 0.0386. The number of unbranched alkanes of at least 4 members (excludes halogenated alkanes) is 14. The molecule has 0 unspecified atom stereocenters. The van der Waals surface area contributed by atoms with Crippen LogP contribution in [0.1, 0.15) is 168 Å². The van der Waals surface area contributed by atoms with Gasteiger partial charge in [-0.25, -0.2) is 0 Å². The third kappa shape index (κ3) is 25.6. The Morgan fingerprint density at radius 2 is 0.755 bits per heavy atom. The van der Waals surface area contributed by atoms with E-state index in [1.165, 1.54) is 104 Å². The van der Waals surface area contributed by atoms with Gasteiger partial charge in [0.05, 0.1) is 24.7 Å². The van der Waals surface area contributed by atoms with Crippen molar-refractivity contribution in [3.8, 4) is 11.5 Å². The summed E-state index contributed by atoms with van der Waals surface area (Å²) < 4.78 is 11.6. The SMILES string of the molecule is CCCCCCCCCCOc1ccc(CC/C(C(C)=O)=C(\C)O)cc1.CCCCCCCCCCOc1ccc(CC/C(C(C)=O)=C(\C)O)cc1.[Cu]. The molecule has 0 saturated carbocycles. The third-order valence-corrected chi connectivity index (χ3v) is 9.43. The summed E-state index contributed by atoms with van der Waals surface area (Å²) in [5, 5.41) is 19.1. The smallest absolute Gasteiger partial charge is 0.159 e. The molecule has 6 nitrogen and oxygen atoms in total. The molecule has 2 N–H and O–H groups in total. The fraction of sp³-hybridized carbons (Fsp3) is 0.609. The van der Waals surface area contributed by atoms with Gasteiger partial charge >= 0.3 is 0 Å². The zero-order valence-electron chi connectivity index (χ0n) is 34.0. The summed E-state index contributed by atoms with van der Waals surface area (Å²) in [6.45, 7) is 12.2. The van der Waals surface area contributed by atoms with Crippen LogP contribution in [0.5, 0.6) is 11.5 Å². The first kappa shape index (κ1) is 50.0. The molecule has 303 valence electrons. The van der Waals surface area contributed by atoms with Crippen molar-refractivity contribution in [2.24, 2.45) is 0 Å². The van der Waals surface area contributed by atoms with Crippen LogP contribution in [0, 0.1) is 0 Å². The molecule has 0 bridgehead atoms. The van der Waals surface area contributed by atoms with Crippen molar-refractivity contribution >= 4 is 11.6 Å². The van der Waals surface area contributed by atoms with Gasteiger partial charge in [-0.3, -0.25) is 9.59 Å². The van der Waals surface area contributed by atoms with E-state index in [9.17, 15) is 19.8 Å². The second-order valence-corrected chi connectivity index (χ2v) is 14.2. The number of carbonyl (C=O) groups is 2. The Morgan fingerprint density at radius 3 is 1.02 bits per heavy atom. The topological polar surface area (TPSA) is 93.1 Å². The van der Waals surface area contributed by atoms with Crippen LogP contribution in [0.15, 0.2) is 71.2 Å². The zero-order chi connectivity index (χ0) is 38.4. The van der Waals surface area contributed by atoms with Crippen molar-refractivity contribution in [2.75, 3.05) is 13.2 Å². The number of aryl methyl sites for hydroxylation is 2. The number of ketones is 2. The van der Waals surface area contributed by atoms with E-state index in [2.05, 4.69) is 13.8 Å². The molecule has 0 aliphatic heterocycles. The van der Waals surface area contributed by atoms with Crippen LogP contribution >= 0.6 is 0 Å². The van der Waals surface area contributed by atoms with Gasteiger partial charge in [-0.05, 0) is 102 Å². The Balaban J connectivity index is 0.00000100. The van der Waals surface area contributed by atoms with Gasteiger partial charge in [-0.1, -0.05) is 128 Å². The molecule has 0 atom stereocenters. The van der Waals surface area contributed by atoms with Crippen LogP contribution in [0.3, 0.4) is 0 Å². The first-order valence-corrected chi connectivity index (χ1v) is 20.3. The molecule has 0 heterocycles. The second kappa shape index (κ2) is 32.4. The van der Waals surface area contributed by atoms with Crippen molar-refractivity contribution in [2.45, 2.75) is 170 Å². The zero-order valence-corrected chi connectivity index (χ0v) is 34.9. The predicted molar refractivity (Wildman–Crippen MR) is 218 cm³/mol.